The lowest BCUT2D eigenvalue weighted by atomic mass is 10.1. The van der Waals surface area contributed by atoms with Gasteiger partial charge in [-0.05, 0) is 69.2 Å². The smallest absolute Gasteiger partial charge is 0.341 e. The first-order valence-corrected chi connectivity index (χ1v) is 10.7. The Morgan fingerprint density at radius 1 is 1.28 bits per heavy atom. The summed E-state index contributed by atoms with van der Waals surface area (Å²) in [6.07, 6.45) is 0.428. The largest absolute Gasteiger partial charge is 0.489 e. The second-order valence-corrected chi connectivity index (χ2v) is 8.57. The molecule has 1 heterocycles. The topological polar surface area (TPSA) is 97.5 Å². The number of nitrogens with one attached hydrogen (secondary N) is 1. The van der Waals surface area contributed by atoms with Gasteiger partial charge >= 0.3 is 5.97 Å². The van der Waals surface area contributed by atoms with Crippen LogP contribution in [0.4, 0.5) is 10.1 Å². The third-order valence-electron chi connectivity index (χ3n) is 5.32. The molecule has 2 unspecified atom stereocenters. The molecule has 1 saturated carbocycles. The SMILES string of the molecule is CC(C)Oc1ccc(-c2noc(-c3ccc(NC4CCC(F)(C(=O)O)C4)cc3)n2)cc1Cl. The number of carboxylic acid groups (broad SMARTS) is 1. The van der Waals surface area contributed by atoms with Crippen LogP contribution in [0.3, 0.4) is 0 Å². The number of ether oxygens (including phenoxy) is 1. The van der Waals surface area contributed by atoms with Crippen LogP contribution >= 0.6 is 11.6 Å². The molecule has 9 heteroatoms. The third-order valence-corrected chi connectivity index (χ3v) is 5.62. The standard InChI is InChI=1S/C23H23ClFN3O4/c1-13(2)31-19-8-5-15(11-18(19)24)20-27-21(32-28-20)14-3-6-16(7-4-14)26-17-9-10-23(25,12-17)22(29)30/h3-8,11,13,17,26H,9-10,12H2,1-2H3,(H,29,30). The van der Waals surface area contributed by atoms with E-state index in [0.29, 0.717) is 34.5 Å². The quantitative estimate of drug-likeness (QED) is 0.474. The number of aliphatic carboxylic acids is 1. The van der Waals surface area contributed by atoms with Crippen molar-refractivity contribution in [1.82, 2.24) is 10.1 Å². The first-order chi connectivity index (χ1) is 15.2. The summed E-state index contributed by atoms with van der Waals surface area (Å²) < 4.78 is 25.3. The highest BCUT2D eigenvalue weighted by atomic mass is 35.5. The molecule has 0 saturated heterocycles. The van der Waals surface area contributed by atoms with Crippen molar-refractivity contribution in [1.29, 1.82) is 0 Å². The van der Waals surface area contributed by atoms with Gasteiger partial charge in [-0.1, -0.05) is 16.8 Å². The van der Waals surface area contributed by atoms with Gasteiger partial charge < -0.3 is 19.7 Å². The van der Waals surface area contributed by atoms with Crippen molar-refractivity contribution in [2.24, 2.45) is 0 Å². The number of carboxylic acids is 1. The normalized spacial score (nSPS) is 20.5. The second kappa shape index (κ2) is 8.78. The molecule has 1 aliphatic rings. The fourth-order valence-electron chi connectivity index (χ4n) is 3.71. The zero-order chi connectivity index (χ0) is 22.9. The molecule has 0 spiro atoms. The van der Waals surface area contributed by atoms with Crippen molar-refractivity contribution in [3.63, 3.8) is 0 Å². The van der Waals surface area contributed by atoms with Crippen molar-refractivity contribution >= 4 is 23.3 Å². The lowest BCUT2D eigenvalue weighted by Crippen LogP contribution is -2.32. The minimum absolute atomic E-state index is 0.0113. The molecule has 2 atom stereocenters. The van der Waals surface area contributed by atoms with E-state index in [2.05, 4.69) is 15.5 Å². The summed E-state index contributed by atoms with van der Waals surface area (Å²) in [4.78, 5) is 15.5. The van der Waals surface area contributed by atoms with Gasteiger partial charge in [-0.2, -0.15) is 4.98 Å². The highest BCUT2D eigenvalue weighted by molar-refractivity contribution is 6.32. The van der Waals surface area contributed by atoms with Gasteiger partial charge in [-0.3, -0.25) is 0 Å². The number of benzene rings is 2. The van der Waals surface area contributed by atoms with Crippen LogP contribution in [0.1, 0.15) is 33.1 Å². The summed E-state index contributed by atoms with van der Waals surface area (Å²) in [6.45, 7) is 3.85. The van der Waals surface area contributed by atoms with Crippen molar-refractivity contribution in [3.8, 4) is 28.6 Å². The van der Waals surface area contributed by atoms with Crippen molar-refractivity contribution < 1.29 is 23.6 Å². The first-order valence-electron chi connectivity index (χ1n) is 10.3. The number of hydrogen-bond donors (Lipinski definition) is 2. The van der Waals surface area contributed by atoms with Gasteiger partial charge in [0.05, 0.1) is 11.1 Å². The molecule has 1 aromatic heterocycles. The molecule has 0 aliphatic heterocycles. The summed E-state index contributed by atoms with van der Waals surface area (Å²) in [7, 11) is 0. The number of alkyl halides is 1. The Kier molecular flexibility index (Phi) is 6.06. The summed E-state index contributed by atoms with van der Waals surface area (Å²) >= 11 is 6.30. The lowest BCUT2D eigenvalue weighted by Gasteiger charge is -2.16. The van der Waals surface area contributed by atoms with Crippen LogP contribution in [0.15, 0.2) is 47.0 Å². The predicted octanol–water partition coefficient (Wildman–Crippen LogP) is 5.60. The predicted molar refractivity (Wildman–Crippen MR) is 119 cm³/mol. The molecular weight excluding hydrogens is 437 g/mol. The fraction of sp³-hybridized carbons (Fsp3) is 0.348. The summed E-state index contributed by atoms with van der Waals surface area (Å²) in [5, 5.41) is 16.7. The van der Waals surface area contributed by atoms with Crippen molar-refractivity contribution in [3.05, 3.63) is 47.5 Å². The Bertz CT molecular complexity index is 1120. The highest BCUT2D eigenvalue weighted by Gasteiger charge is 2.46. The third kappa shape index (κ3) is 4.70. The Labute approximate surface area is 189 Å². The van der Waals surface area contributed by atoms with E-state index in [4.69, 9.17) is 26.0 Å². The van der Waals surface area contributed by atoms with E-state index < -0.39 is 11.6 Å². The van der Waals surface area contributed by atoms with Crippen LogP contribution in [0.25, 0.3) is 22.8 Å². The molecule has 0 amide bonds. The summed E-state index contributed by atoms with van der Waals surface area (Å²) in [5.41, 5.74) is 0.0335. The lowest BCUT2D eigenvalue weighted by molar-refractivity contribution is -0.150. The minimum Gasteiger partial charge on any atom is -0.489 e. The number of halogens is 2. The van der Waals surface area contributed by atoms with Crippen LogP contribution in [0.5, 0.6) is 5.75 Å². The molecule has 0 bridgehead atoms. The van der Waals surface area contributed by atoms with Gasteiger partial charge in [0, 0.05) is 29.3 Å². The highest BCUT2D eigenvalue weighted by Crippen LogP contribution is 2.36. The fourth-order valence-corrected chi connectivity index (χ4v) is 3.93. The van der Waals surface area contributed by atoms with E-state index in [0.717, 1.165) is 11.3 Å². The second-order valence-electron chi connectivity index (χ2n) is 8.17. The van der Waals surface area contributed by atoms with Gasteiger partial charge in [0.2, 0.25) is 11.5 Å². The Morgan fingerprint density at radius 2 is 2.00 bits per heavy atom. The van der Waals surface area contributed by atoms with E-state index in [-0.39, 0.29) is 25.0 Å². The molecular formula is C23H23ClFN3O4. The molecule has 2 N–H and O–H groups in total. The van der Waals surface area contributed by atoms with E-state index in [9.17, 15) is 9.18 Å². The molecule has 0 radical (unpaired) electrons. The number of hydrogen-bond acceptors (Lipinski definition) is 6. The molecule has 4 rings (SSSR count). The zero-order valence-electron chi connectivity index (χ0n) is 17.6. The van der Waals surface area contributed by atoms with Crippen LogP contribution in [-0.2, 0) is 4.79 Å². The number of rotatable bonds is 7. The Morgan fingerprint density at radius 3 is 2.62 bits per heavy atom. The van der Waals surface area contributed by atoms with Gasteiger partial charge in [-0.15, -0.1) is 0 Å². The number of nitrogens with zero attached hydrogens (tertiary/aromatic N) is 2. The molecule has 168 valence electrons. The maximum atomic E-state index is 14.2. The average Bonchev–Trinajstić information content (AvgIpc) is 3.38. The summed E-state index contributed by atoms with van der Waals surface area (Å²) in [6, 6.07) is 12.3. The van der Waals surface area contributed by atoms with E-state index in [1.807, 2.05) is 32.0 Å². The Hall–Kier alpha value is -3.13. The van der Waals surface area contributed by atoms with Gasteiger partial charge in [-0.25, -0.2) is 9.18 Å². The van der Waals surface area contributed by atoms with Crippen molar-refractivity contribution in [2.45, 2.75) is 50.9 Å². The molecule has 7 nitrogen and oxygen atoms in total. The van der Waals surface area contributed by atoms with Gasteiger partial charge in [0.25, 0.3) is 5.89 Å². The molecule has 3 aromatic rings. The van der Waals surface area contributed by atoms with Crippen LogP contribution in [-0.4, -0.2) is 39.0 Å². The maximum absolute atomic E-state index is 14.2. The van der Waals surface area contributed by atoms with Crippen LogP contribution in [0.2, 0.25) is 5.02 Å². The molecule has 1 fully saturated rings. The molecule has 32 heavy (non-hydrogen) atoms. The van der Waals surface area contributed by atoms with Gasteiger partial charge in [0.1, 0.15) is 5.75 Å². The van der Waals surface area contributed by atoms with E-state index >= 15 is 0 Å². The first kappa shape index (κ1) is 22.1. The maximum Gasteiger partial charge on any atom is 0.341 e. The van der Waals surface area contributed by atoms with Crippen LogP contribution in [0, 0.1) is 0 Å². The molecule has 2 aromatic carbocycles. The average molecular weight is 460 g/mol. The number of anilines is 1. The van der Waals surface area contributed by atoms with Gasteiger partial charge in [0.15, 0.2) is 0 Å². The summed E-state index contributed by atoms with van der Waals surface area (Å²) in [5.74, 6) is -0.0561. The Balaban J connectivity index is 1.44. The number of carbonyl (C=O) groups is 1. The molecule has 1 aliphatic carbocycles. The van der Waals surface area contributed by atoms with Crippen LogP contribution < -0.4 is 10.1 Å². The number of aromatic nitrogens is 2. The zero-order valence-corrected chi connectivity index (χ0v) is 18.4. The van der Waals surface area contributed by atoms with Crippen molar-refractivity contribution in [2.75, 3.05) is 5.32 Å². The monoisotopic (exact) mass is 459 g/mol. The van der Waals surface area contributed by atoms with E-state index in [1.54, 1.807) is 24.3 Å². The van der Waals surface area contributed by atoms with E-state index in [1.165, 1.54) is 0 Å². The minimum atomic E-state index is -2.15.